The fraction of sp³-hybridized carbons (Fsp3) is 0.417. The Kier molecular flexibility index (Phi) is 4.34. The van der Waals surface area contributed by atoms with Crippen LogP contribution in [0.1, 0.15) is 18.1 Å². The summed E-state index contributed by atoms with van der Waals surface area (Å²) in [4.78, 5) is 1.95. The van der Waals surface area contributed by atoms with Gasteiger partial charge in [0.05, 0.1) is 6.10 Å². The minimum absolute atomic E-state index is 0.104. The lowest BCUT2D eigenvalue weighted by Crippen LogP contribution is -2.27. The second kappa shape index (κ2) is 5.54. The van der Waals surface area contributed by atoms with Gasteiger partial charge in [-0.15, -0.1) is 0 Å². The SMILES string of the molecule is Cc1cc(N(C)CC(C)O)ccc1/C(N)=N/O. The van der Waals surface area contributed by atoms with Crippen molar-refractivity contribution in [3.8, 4) is 0 Å². The van der Waals surface area contributed by atoms with Crippen molar-refractivity contribution in [2.45, 2.75) is 20.0 Å². The van der Waals surface area contributed by atoms with Crippen molar-refractivity contribution in [2.75, 3.05) is 18.5 Å². The molecule has 0 aliphatic rings. The molecule has 5 heteroatoms. The molecule has 17 heavy (non-hydrogen) atoms. The molecule has 1 aromatic carbocycles. The van der Waals surface area contributed by atoms with Crippen LogP contribution in [0.3, 0.4) is 0 Å². The largest absolute Gasteiger partial charge is 0.409 e. The van der Waals surface area contributed by atoms with Crippen molar-refractivity contribution in [1.29, 1.82) is 0 Å². The molecule has 1 atom stereocenters. The number of rotatable bonds is 4. The van der Waals surface area contributed by atoms with E-state index in [-0.39, 0.29) is 11.9 Å². The second-order valence-electron chi connectivity index (χ2n) is 4.21. The first kappa shape index (κ1) is 13.3. The summed E-state index contributed by atoms with van der Waals surface area (Å²) in [6.45, 7) is 4.20. The first-order valence-corrected chi connectivity index (χ1v) is 5.43. The number of amidine groups is 1. The maximum absolute atomic E-state index is 9.32. The fourth-order valence-corrected chi connectivity index (χ4v) is 1.73. The van der Waals surface area contributed by atoms with Gasteiger partial charge >= 0.3 is 0 Å². The van der Waals surface area contributed by atoms with Crippen LogP contribution in [-0.2, 0) is 0 Å². The van der Waals surface area contributed by atoms with E-state index in [1.807, 2.05) is 31.0 Å². The number of anilines is 1. The zero-order chi connectivity index (χ0) is 13.0. The average molecular weight is 237 g/mol. The highest BCUT2D eigenvalue weighted by atomic mass is 16.4. The summed E-state index contributed by atoms with van der Waals surface area (Å²) in [5, 5.41) is 20.9. The standard InChI is InChI=1S/C12H19N3O2/c1-8-6-10(15(3)7-9(2)16)4-5-11(8)12(13)14-17/h4-6,9,16-17H,7H2,1-3H3,(H2,13,14). The van der Waals surface area contributed by atoms with E-state index in [4.69, 9.17) is 10.9 Å². The lowest BCUT2D eigenvalue weighted by molar-refractivity contribution is 0.201. The quantitative estimate of drug-likeness (QED) is 0.314. The van der Waals surface area contributed by atoms with Gasteiger partial charge in [-0.2, -0.15) is 0 Å². The summed E-state index contributed by atoms with van der Waals surface area (Å²) in [5.41, 5.74) is 8.17. The van der Waals surface area contributed by atoms with Gasteiger partial charge in [0, 0.05) is 24.8 Å². The van der Waals surface area contributed by atoms with Gasteiger partial charge in [-0.3, -0.25) is 0 Å². The molecule has 1 aromatic rings. The Morgan fingerprint density at radius 1 is 1.53 bits per heavy atom. The number of oxime groups is 1. The third-order valence-electron chi connectivity index (χ3n) is 2.57. The van der Waals surface area contributed by atoms with Gasteiger partial charge in [0.25, 0.3) is 0 Å². The molecule has 5 nitrogen and oxygen atoms in total. The summed E-state index contributed by atoms with van der Waals surface area (Å²) >= 11 is 0. The van der Waals surface area contributed by atoms with Crippen LogP contribution in [-0.4, -0.2) is 35.8 Å². The van der Waals surface area contributed by atoms with Crippen LogP contribution in [0.25, 0.3) is 0 Å². The summed E-state index contributed by atoms with van der Waals surface area (Å²) in [7, 11) is 1.91. The van der Waals surface area contributed by atoms with E-state index >= 15 is 0 Å². The normalized spacial score (nSPS) is 13.5. The Labute approximate surface area is 101 Å². The topological polar surface area (TPSA) is 82.1 Å². The molecule has 0 aliphatic carbocycles. The van der Waals surface area contributed by atoms with Gasteiger partial charge < -0.3 is 20.9 Å². The molecule has 0 aromatic heterocycles. The summed E-state index contributed by atoms with van der Waals surface area (Å²) in [6.07, 6.45) is -0.385. The number of aliphatic hydroxyl groups is 1. The van der Waals surface area contributed by atoms with Crippen LogP contribution in [0.15, 0.2) is 23.4 Å². The van der Waals surface area contributed by atoms with Crippen molar-refractivity contribution in [1.82, 2.24) is 0 Å². The van der Waals surface area contributed by atoms with Gasteiger partial charge in [0.15, 0.2) is 5.84 Å². The molecule has 0 radical (unpaired) electrons. The molecule has 0 aliphatic heterocycles. The van der Waals surface area contributed by atoms with Gasteiger partial charge in [-0.05, 0) is 37.6 Å². The molecule has 0 fully saturated rings. The molecular formula is C12H19N3O2. The van der Waals surface area contributed by atoms with Crippen LogP contribution < -0.4 is 10.6 Å². The molecule has 0 spiro atoms. The Morgan fingerprint density at radius 3 is 2.65 bits per heavy atom. The van der Waals surface area contributed by atoms with E-state index in [9.17, 15) is 5.11 Å². The van der Waals surface area contributed by atoms with Crippen molar-refractivity contribution >= 4 is 11.5 Å². The van der Waals surface area contributed by atoms with Crippen molar-refractivity contribution in [3.05, 3.63) is 29.3 Å². The molecule has 0 amide bonds. The molecule has 1 unspecified atom stereocenters. The van der Waals surface area contributed by atoms with Crippen LogP contribution in [0.5, 0.6) is 0 Å². The lowest BCUT2D eigenvalue weighted by Gasteiger charge is -2.21. The van der Waals surface area contributed by atoms with E-state index < -0.39 is 0 Å². The fourth-order valence-electron chi connectivity index (χ4n) is 1.73. The Hall–Kier alpha value is -1.75. The number of aliphatic hydroxyl groups excluding tert-OH is 1. The van der Waals surface area contributed by atoms with E-state index in [1.165, 1.54) is 0 Å². The van der Waals surface area contributed by atoms with Crippen molar-refractivity contribution in [3.63, 3.8) is 0 Å². The molecule has 0 bridgehead atoms. The van der Waals surface area contributed by atoms with Gasteiger partial charge in [0.2, 0.25) is 0 Å². The van der Waals surface area contributed by atoms with Crippen LogP contribution in [0, 0.1) is 6.92 Å². The summed E-state index contributed by atoms with van der Waals surface area (Å²) in [5.74, 6) is 0.104. The zero-order valence-electron chi connectivity index (χ0n) is 10.4. The molecular weight excluding hydrogens is 218 g/mol. The van der Waals surface area contributed by atoms with Gasteiger partial charge in [-0.1, -0.05) is 5.16 Å². The van der Waals surface area contributed by atoms with E-state index in [1.54, 1.807) is 13.0 Å². The third-order valence-corrected chi connectivity index (χ3v) is 2.57. The number of nitrogens with zero attached hydrogens (tertiary/aromatic N) is 2. The minimum Gasteiger partial charge on any atom is -0.409 e. The number of hydrogen-bond donors (Lipinski definition) is 3. The zero-order valence-corrected chi connectivity index (χ0v) is 10.4. The number of aryl methyl sites for hydroxylation is 1. The van der Waals surface area contributed by atoms with E-state index in [2.05, 4.69) is 5.16 Å². The van der Waals surface area contributed by atoms with Crippen LogP contribution >= 0.6 is 0 Å². The molecule has 0 saturated heterocycles. The number of benzene rings is 1. The maximum Gasteiger partial charge on any atom is 0.170 e. The number of nitrogens with two attached hydrogens (primary N) is 1. The van der Waals surface area contributed by atoms with Crippen LogP contribution in [0.4, 0.5) is 5.69 Å². The maximum atomic E-state index is 9.32. The first-order chi connectivity index (χ1) is 7.95. The Balaban J connectivity index is 2.96. The summed E-state index contributed by atoms with van der Waals surface area (Å²) < 4.78 is 0. The van der Waals surface area contributed by atoms with E-state index in [0.29, 0.717) is 12.1 Å². The minimum atomic E-state index is -0.385. The molecule has 1 rings (SSSR count). The van der Waals surface area contributed by atoms with Crippen molar-refractivity contribution in [2.24, 2.45) is 10.9 Å². The Morgan fingerprint density at radius 2 is 2.18 bits per heavy atom. The van der Waals surface area contributed by atoms with Gasteiger partial charge in [-0.25, -0.2) is 0 Å². The molecule has 4 N–H and O–H groups in total. The van der Waals surface area contributed by atoms with Crippen LogP contribution in [0.2, 0.25) is 0 Å². The third kappa shape index (κ3) is 3.35. The average Bonchev–Trinajstić information content (AvgIpc) is 2.27. The monoisotopic (exact) mass is 237 g/mol. The second-order valence-corrected chi connectivity index (χ2v) is 4.21. The number of hydrogen-bond acceptors (Lipinski definition) is 4. The Bertz CT molecular complexity index is 416. The highest BCUT2D eigenvalue weighted by Crippen LogP contribution is 2.18. The predicted octanol–water partition coefficient (Wildman–Crippen LogP) is 0.907. The molecule has 94 valence electrons. The summed E-state index contributed by atoms with van der Waals surface area (Å²) in [6, 6.07) is 5.62. The molecule has 0 saturated carbocycles. The smallest absolute Gasteiger partial charge is 0.170 e. The van der Waals surface area contributed by atoms with Gasteiger partial charge in [0.1, 0.15) is 0 Å². The highest BCUT2D eigenvalue weighted by Gasteiger charge is 2.08. The highest BCUT2D eigenvalue weighted by molar-refractivity contribution is 5.98. The van der Waals surface area contributed by atoms with Crippen molar-refractivity contribution < 1.29 is 10.3 Å². The lowest BCUT2D eigenvalue weighted by atomic mass is 10.1. The number of likely N-dealkylation sites (N-methyl/N-ethyl adjacent to an activating group) is 1. The predicted molar refractivity (Wildman–Crippen MR) is 68.6 cm³/mol. The first-order valence-electron chi connectivity index (χ1n) is 5.43. The molecule has 0 heterocycles. The van der Waals surface area contributed by atoms with E-state index in [0.717, 1.165) is 11.3 Å².